The van der Waals surface area contributed by atoms with Gasteiger partial charge in [-0.3, -0.25) is 0 Å². The first-order valence-corrected chi connectivity index (χ1v) is 8.06. The second-order valence-electron chi connectivity index (χ2n) is 5.41. The Kier molecular flexibility index (Phi) is 2.98. The van der Waals surface area contributed by atoms with E-state index in [0.29, 0.717) is 5.56 Å². The predicted octanol–water partition coefficient (Wildman–Crippen LogP) is 3.75. The van der Waals surface area contributed by atoms with Gasteiger partial charge < -0.3 is 5.32 Å². The molecule has 0 saturated carbocycles. The second-order valence-corrected chi connectivity index (χ2v) is 6.32. The van der Waals surface area contributed by atoms with Crippen molar-refractivity contribution in [2.45, 2.75) is 13.3 Å². The van der Waals surface area contributed by atoms with Gasteiger partial charge in [-0.15, -0.1) is 11.3 Å². The summed E-state index contributed by atoms with van der Waals surface area (Å²) in [7, 11) is 0. The third kappa shape index (κ3) is 2.00. The van der Waals surface area contributed by atoms with Crippen LogP contribution in [-0.2, 0) is 6.42 Å². The molecular formula is C17H14N4S. The normalized spacial score (nSPS) is 12.7. The van der Waals surface area contributed by atoms with E-state index in [1.165, 1.54) is 16.0 Å². The van der Waals surface area contributed by atoms with Crippen molar-refractivity contribution in [3.63, 3.8) is 0 Å². The van der Waals surface area contributed by atoms with Crippen LogP contribution in [0.3, 0.4) is 0 Å². The van der Waals surface area contributed by atoms with Gasteiger partial charge >= 0.3 is 0 Å². The lowest BCUT2D eigenvalue weighted by Crippen LogP contribution is -2.04. The molecule has 3 aromatic rings. The molecule has 2 aromatic heterocycles. The van der Waals surface area contributed by atoms with Gasteiger partial charge in [0.15, 0.2) is 0 Å². The number of rotatable bonds is 2. The Morgan fingerprint density at radius 3 is 2.82 bits per heavy atom. The van der Waals surface area contributed by atoms with Gasteiger partial charge in [0.1, 0.15) is 11.5 Å². The molecule has 0 atom stereocenters. The molecule has 4 nitrogen and oxygen atoms in total. The van der Waals surface area contributed by atoms with Crippen LogP contribution in [0.5, 0.6) is 0 Å². The number of hydrogen-bond acceptors (Lipinski definition) is 4. The van der Waals surface area contributed by atoms with Crippen LogP contribution in [0.1, 0.15) is 16.7 Å². The summed E-state index contributed by atoms with van der Waals surface area (Å²) in [4.78, 5) is 1.21. The molecule has 0 bridgehead atoms. The molecule has 0 saturated heterocycles. The van der Waals surface area contributed by atoms with Crippen LogP contribution >= 0.6 is 11.3 Å². The molecule has 0 aliphatic carbocycles. The van der Waals surface area contributed by atoms with E-state index < -0.39 is 0 Å². The van der Waals surface area contributed by atoms with E-state index in [0.717, 1.165) is 30.2 Å². The number of thiophene rings is 1. The molecule has 1 aromatic carbocycles. The van der Waals surface area contributed by atoms with Gasteiger partial charge in [0.25, 0.3) is 0 Å². The van der Waals surface area contributed by atoms with E-state index in [1.54, 1.807) is 11.3 Å². The van der Waals surface area contributed by atoms with E-state index in [9.17, 15) is 0 Å². The highest BCUT2D eigenvalue weighted by molar-refractivity contribution is 7.13. The van der Waals surface area contributed by atoms with E-state index in [-0.39, 0.29) is 0 Å². The van der Waals surface area contributed by atoms with Crippen molar-refractivity contribution >= 4 is 17.2 Å². The van der Waals surface area contributed by atoms with E-state index in [4.69, 9.17) is 10.4 Å². The fourth-order valence-electron chi connectivity index (χ4n) is 2.79. The third-order valence-electron chi connectivity index (χ3n) is 3.86. The Morgan fingerprint density at radius 2 is 2.14 bits per heavy atom. The molecule has 4 rings (SSSR count). The first-order chi connectivity index (χ1) is 10.8. The molecule has 22 heavy (non-hydrogen) atoms. The van der Waals surface area contributed by atoms with Gasteiger partial charge in [0.05, 0.1) is 22.2 Å². The number of hydrogen-bond donors (Lipinski definition) is 1. The molecular weight excluding hydrogens is 292 g/mol. The highest BCUT2D eigenvalue weighted by Crippen LogP contribution is 2.37. The average Bonchev–Trinajstić information content (AvgIpc) is 3.23. The third-order valence-corrected chi connectivity index (χ3v) is 4.91. The Balaban J connectivity index is 1.85. The summed E-state index contributed by atoms with van der Waals surface area (Å²) in [6, 6.07) is 11.9. The maximum atomic E-state index is 8.93. The molecule has 108 valence electrons. The largest absolute Gasteiger partial charge is 0.369 e. The van der Waals surface area contributed by atoms with Gasteiger partial charge in [-0.2, -0.15) is 10.4 Å². The lowest BCUT2D eigenvalue weighted by atomic mass is 10.1. The van der Waals surface area contributed by atoms with Crippen LogP contribution in [0.2, 0.25) is 0 Å². The van der Waals surface area contributed by atoms with Gasteiger partial charge in [-0.05, 0) is 54.6 Å². The SMILES string of the molecule is Cc1csc(-c2nn(-c3ccc(C#N)cc3)c3c2CCN3)c1. The molecule has 0 radical (unpaired) electrons. The minimum Gasteiger partial charge on any atom is -0.369 e. The number of benzene rings is 1. The lowest BCUT2D eigenvalue weighted by Gasteiger charge is -2.06. The van der Waals surface area contributed by atoms with Crippen LogP contribution in [0, 0.1) is 18.3 Å². The number of anilines is 1. The van der Waals surface area contributed by atoms with Gasteiger partial charge in [0, 0.05) is 12.1 Å². The molecule has 0 spiro atoms. The summed E-state index contributed by atoms with van der Waals surface area (Å²) in [5, 5.41) is 19.3. The summed E-state index contributed by atoms with van der Waals surface area (Å²) in [6.07, 6.45) is 0.998. The minimum atomic E-state index is 0.662. The van der Waals surface area contributed by atoms with Crippen molar-refractivity contribution in [2.75, 3.05) is 11.9 Å². The molecule has 1 aliphatic heterocycles. The summed E-state index contributed by atoms with van der Waals surface area (Å²) in [5.74, 6) is 1.07. The zero-order chi connectivity index (χ0) is 15.1. The topological polar surface area (TPSA) is 53.6 Å². The molecule has 0 amide bonds. The molecule has 0 fully saturated rings. The van der Waals surface area contributed by atoms with Crippen LogP contribution in [-0.4, -0.2) is 16.3 Å². The maximum Gasteiger partial charge on any atom is 0.133 e. The van der Waals surface area contributed by atoms with Crippen molar-refractivity contribution in [1.82, 2.24) is 9.78 Å². The Morgan fingerprint density at radius 1 is 1.32 bits per heavy atom. The van der Waals surface area contributed by atoms with Gasteiger partial charge in [-0.1, -0.05) is 0 Å². The second kappa shape index (κ2) is 5.00. The highest BCUT2D eigenvalue weighted by Gasteiger charge is 2.24. The summed E-state index contributed by atoms with van der Waals surface area (Å²) in [6.45, 7) is 3.05. The van der Waals surface area contributed by atoms with Crippen molar-refractivity contribution in [3.8, 4) is 22.3 Å². The summed E-state index contributed by atoms with van der Waals surface area (Å²) in [5.41, 5.74) is 5.26. The minimum absolute atomic E-state index is 0.662. The van der Waals surface area contributed by atoms with Crippen molar-refractivity contribution < 1.29 is 0 Å². The Hall–Kier alpha value is -2.58. The molecule has 1 N–H and O–H groups in total. The molecule has 0 unspecified atom stereocenters. The standard InChI is InChI=1S/C17H14N4S/c1-11-8-15(22-10-11)16-14-6-7-19-17(14)21(20-16)13-4-2-12(9-18)3-5-13/h2-5,8,10,19H,6-7H2,1H3. The van der Waals surface area contributed by atoms with Gasteiger partial charge in [0.2, 0.25) is 0 Å². The highest BCUT2D eigenvalue weighted by atomic mass is 32.1. The Labute approximate surface area is 132 Å². The van der Waals surface area contributed by atoms with E-state index in [1.807, 2.05) is 28.9 Å². The number of nitriles is 1. The summed E-state index contributed by atoms with van der Waals surface area (Å²) >= 11 is 1.74. The number of aromatic nitrogens is 2. The van der Waals surface area contributed by atoms with Crippen molar-refractivity contribution in [2.24, 2.45) is 0 Å². The smallest absolute Gasteiger partial charge is 0.133 e. The Bertz CT molecular complexity index is 881. The van der Waals surface area contributed by atoms with Crippen LogP contribution in [0.25, 0.3) is 16.3 Å². The summed E-state index contributed by atoms with van der Waals surface area (Å²) < 4.78 is 1.95. The number of fused-ring (bicyclic) bond motifs is 1. The van der Waals surface area contributed by atoms with E-state index >= 15 is 0 Å². The fraction of sp³-hybridized carbons (Fsp3) is 0.176. The van der Waals surface area contributed by atoms with Crippen molar-refractivity contribution in [3.05, 3.63) is 52.4 Å². The van der Waals surface area contributed by atoms with Gasteiger partial charge in [-0.25, -0.2) is 4.68 Å². The fourth-order valence-corrected chi connectivity index (χ4v) is 3.70. The molecule has 3 heterocycles. The average molecular weight is 306 g/mol. The number of nitrogens with zero attached hydrogens (tertiary/aromatic N) is 3. The zero-order valence-corrected chi connectivity index (χ0v) is 12.9. The van der Waals surface area contributed by atoms with Crippen LogP contribution < -0.4 is 5.32 Å². The van der Waals surface area contributed by atoms with Crippen molar-refractivity contribution in [1.29, 1.82) is 5.26 Å². The first-order valence-electron chi connectivity index (χ1n) is 7.18. The zero-order valence-electron chi connectivity index (χ0n) is 12.1. The maximum absolute atomic E-state index is 8.93. The van der Waals surface area contributed by atoms with Crippen LogP contribution in [0.4, 0.5) is 5.82 Å². The quantitative estimate of drug-likeness (QED) is 0.784. The van der Waals surface area contributed by atoms with Crippen LogP contribution in [0.15, 0.2) is 35.7 Å². The molecule has 1 aliphatic rings. The lowest BCUT2D eigenvalue weighted by molar-refractivity contribution is 0.883. The van der Waals surface area contributed by atoms with E-state index in [2.05, 4.69) is 29.8 Å². The first kappa shape index (κ1) is 13.1. The predicted molar refractivity (Wildman–Crippen MR) is 88.5 cm³/mol. The number of nitrogens with one attached hydrogen (secondary N) is 1. The molecule has 5 heteroatoms. The monoisotopic (exact) mass is 306 g/mol. The number of aryl methyl sites for hydroxylation is 1.